The largest absolute Gasteiger partial charge is 0.350 e. The molecule has 36 heavy (non-hydrogen) atoms. The molecule has 186 valence electrons. The summed E-state index contributed by atoms with van der Waals surface area (Å²) in [5.41, 5.74) is 2.42. The normalized spacial score (nSPS) is 13.0. The van der Waals surface area contributed by atoms with Crippen LogP contribution in [-0.4, -0.2) is 33.4 Å². The number of hydrogen-bond acceptors (Lipinski definition) is 8. The van der Waals surface area contributed by atoms with E-state index in [1.165, 1.54) is 29.5 Å². The number of carbonyl (C=O) groups is 1. The van der Waals surface area contributed by atoms with Gasteiger partial charge in [-0.3, -0.25) is 4.79 Å². The van der Waals surface area contributed by atoms with Gasteiger partial charge in [0.2, 0.25) is 5.95 Å². The number of benzene rings is 1. The van der Waals surface area contributed by atoms with Crippen LogP contribution in [0.5, 0.6) is 0 Å². The summed E-state index contributed by atoms with van der Waals surface area (Å²) >= 11 is 0. The van der Waals surface area contributed by atoms with E-state index in [0.717, 1.165) is 25.2 Å². The van der Waals surface area contributed by atoms with Crippen LogP contribution in [0, 0.1) is 17.1 Å². The van der Waals surface area contributed by atoms with Crippen molar-refractivity contribution in [3.05, 3.63) is 64.7 Å². The van der Waals surface area contributed by atoms with Crippen molar-refractivity contribution in [1.29, 1.82) is 5.26 Å². The fraction of sp³-hybridized carbons (Fsp3) is 0.346. The summed E-state index contributed by atoms with van der Waals surface area (Å²) in [5.74, 6) is -0.211. The van der Waals surface area contributed by atoms with E-state index in [1.807, 2.05) is 19.9 Å². The summed E-state index contributed by atoms with van der Waals surface area (Å²) in [5, 5.41) is 21.9. The van der Waals surface area contributed by atoms with Gasteiger partial charge in [0.05, 0.1) is 17.2 Å². The molecule has 10 heteroatoms. The summed E-state index contributed by atoms with van der Waals surface area (Å²) in [7, 11) is 0. The number of fused-ring (bicyclic) bond motifs is 1. The Balaban J connectivity index is 1.68. The lowest BCUT2D eigenvalue weighted by Crippen LogP contribution is -2.31. The van der Waals surface area contributed by atoms with Crippen LogP contribution in [0.2, 0.25) is 0 Å². The zero-order valence-corrected chi connectivity index (χ0v) is 20.7. The third-order valence-electron chi connectivity index (χ3n) is 5.77. The Morgan fingerprint density at radius 3 is 2.72 bits per heavy atom. The number of nitrogens with one attached hydrogen (secondary N) is 4. The van der Waals surface area contributed by atoms with Crippen molar-refractivity contribution in [2.75, 3.05) is 17.2 Å². The molecule has 0 fully saturated rings. The van der Waals surface area contributed by atoms with Gasteiger partial charge in [0, 0.05) is 24.5 Å². The molecular weight excluding hydrogens is 459 g/mol. The average molecular weight is 489 g/mol. The van der Waals surface area contributed by atoms with E-state index in [4.69, 9.17) is 0 Å². The molecular formula is C26H29FN8O. The van der Waals surface area contributed by atoms with Gasteiger partial charge in [-0.2, -0.15) is 10.2 Å². The van der Waals surface area contributed by atoms with E-state index in [-0.39, 0.29) is 40.8 Å². The minimum atomic E-state index is -1.14. The molecule has 0 saturated carbocycles. The molecule has 0 spiro atoms. The Morgan fingerprint density at radius 1 is 1.17 bits per heavy atom. The van der Waals surface area contributed by atoms with Gasteiger partial charge in [0.25, 0.3) is 5.91 Å². The van der Waals surface area contributed by atoms with Crippen molar-refractivity contribution in [3.63, 3.8) is 0 Å². The second-order valence-corrected chi connectivity index (χ2v) is 9.51. The minimum absolute atomic E-state index is 0.000800. The summed E-state index contributed by atoms with van der Waals surface area (Å²) in [6.07, 6.45) is 2.37. The second kappa shape index (κ2) is 10.3. The first-order chi connectivity index (χ1) is 17.2. The molecule has 0 saturated heterocycles. The molecule has 2 aromatic heterocycles. The van der Waals surface area contributed by atoms with E-state index < -0.39 is 11.2 Å². The fourth-order valence-electron chi connectivity index (χ4n) is 3.85. The summed E-state index contributed by atoms with van der Waals surface area (Å²) in [6.45, 7) is 8.65. The Bertz CT molecular complexity index is 1330. The lowest BCUT2D eigenvalue weighted by Gasteiger charge is -2.19. The molecule has 1 aliphatic rings. The molecule has 4 N–H and O–H groups in total. The highest BCUT2D eigenvalue weighted by atomic mass is 19.1. The molecule has 0 radical (unpaired) electrons. The van der Waals surface area contributed by atoms with Crippen LogP contribution in [0.3, 0.4) is 0 Å². The lowest BCUT2D eigenvalue weighted by atomic mass is 9.90. The molecule has 1 amide bonds. The third-order valence-corrected chi connectivity index (χ3v) is 5.77. The quantitative estimate of drug-likeness (QED) is 0.392. The zero-order valence-electron chi connectivity index (χ0n) is 20.7. The minimum Gasteiger partial charge on any atom is -0.350 e. The maximum atomic E-state index is 14.4. The maximum absolute atomic E-state index is 14.4. The number of hydrogen-bond donors (Lipinski definition) is 4. The summed E-state index contributed by atoms with van der Waals surface area (Å²) in [6, 6.07) is 10.7. The standard InChI is InChI=1S/C26H29FN8O/c1-15(2)31-24(36)19-13-30-25(32-18-6-5-17-12-29-10-9-16(17)11-18)35-23(19)34-21-8-7-20(27)22(33-21)26(3,4)14-28/h5-8,11,13,15,29H,9-10,12H2,1-4H3,(H,31,36)(H2,30,32,33,34,35). The molecule has 3 aromatic rings. The van der Waals surface area contributed by atoms with Gasteiger partial charge in [0.1, 0.15) is 23.0 Å². The van der Waals surface area contributed by atoms with Crippen molar-refractivity contribution in [2.45, 2.75) is 52.1 Å². The molecule has 0 bridgehead atoms. The van der Waals surface area contributed by atoms with Crippen molar-refractivity contribution in [3.8, 4) is 6.07 Å². The van der Waals surface area contributed by atoms with Gasteiger partial charge in [0.15, 0.2) is 0 Å². The van der Waals surface area contributed by atoms with Crippen LogP contribution < -0.4 is 21.3 Å². The first kappa shape index (κ1) is 25.0. The molecule has 1 aliphatic heterocycles. The van der Waals surface area contributed by atoms with E-state index in [1.54, 1.807) is 13.8 Å². The number of anilines is 4. The number of nitriles is 1. The summed E-state index contributed by atoms with van der Waals surface area (Å²) in [4.78, 5) is 26.0. The molecule has 9 nitrogen and oxygen atoms in total. The highest BCUT2D eigenvalue weighted by molar-refractivity contribution is 5.99. The van der Waals surface area contributed by atoms with E-state index in [0.29, 0.717) is 0 Å². The van der Waals surface area contributed by atoms with Crippen LogP contribution in [-0.2, 0) is 18.4 Å². The smallest absolute Gasteiger partial charge is 0.256 e. The number of carbonyl (C=O) groups excluding carboxylic acids is 1. The van der Waals surface area contributed by atoms with Crippen LogP contribution >= 0.6 is 0 Å². The molecule has 4 rings (SSSR count). The Morgan fingerprint density at radius 2 is 1.97 bits per heavy atom. The number of pyridine rings is 1. The molecule has 1 aromatic carbocycles. The number of nitrogens with zero attached hydrogens (tertiary/aromatic N) is 4. The van der Waals surface area contributed by atoms with Crippen molar-refractivity contribution >= 4 is 29.2 Å². The SMILES string of the molecule is CC(C)NC(=O)c1cnc(Nc2ccc3c(c2)CCNC3)nc1Nc1ccc(F)c(C(C)(C)C#N)n1. The summed E-state index contributed by atoms with van der Waals surface area (Å²) < 4.78 is 14.4. The van der Waals surface area contributed by atoms with Crippen LogP contribution in [0.25, 0.3) is 0 Å². The van der Waals surface area contributed by atoms with Crippen LogP contribution in [0.1, 0.15) is 54.9 Å². The number of rotatable bonds is 7. The monoisotopic (exact) mass is 488 g/mol. The van der Waals surface area contributed by atoms with E-state index in [2.05, 4.69) is 54.4 Å². The number of aromatic nitrogens is 3. The second-order valence-electron chi connectivity index (χ2n) is 9.51. The third kappa shape index (κ3) is 5.58. The first-order valence-corrected chi connectivity index (χ1v) is 11.8. The topological polar surface area (TPSA) is 128 Å². The van der Waals surface area contributed by atoms with Gasteiger partial charge in [-0.05, 0) is 76.1 Å². The predicted octanol–water partition coefficient (Wildman–Crippen LogP) is 4.08. The maximum Gasteiger partial charge on any atom is 0.256 e. The van der Waals surface area contributed by atoms with E-state index >= 15 is 0 Å². The van der Waals surface area contributed by atoms with Gasteiger partial charge in [-0.15, -0.1) is 0 Å². The highest BCUT2D eigenvalue weighted by Gasteiger charge is 2.26. The molecule has 0 aliphatic carbocycles. The van der Waals surface area contributed by atoms with Crippen LogP contribution in [0.4, 0.5) is 27.7 Å². The first-order valence-electron chi connectivity index (χ1n) is 11.8. The predicted molar refractivity (Wildman–Crippen MR) is 136 cm³/mol. The Labute approximate surface area is 209 Å². The van der Waals surface area contributed by atoms with Crippen molar-refractivity contribution in [2.24, 2.45) is 0 Å². The Kier molecular flexibility index (Phi) is 7.12. The highest BCUT2D eigenvalue weighted by Crippen LogP contribution is 2.27. The van der Waals surface area contributed by atoms with Gasteiger partial charge < -0.3 is 21.3 Å². The fourth-order valence-corrected chi connectivity index (χ4v) is 3.85. The van der Waals surface area contributed by atoms with Crippen LogP contribution in [0.15, 0.2) is 36.5 Å². The van der Waals surface area contributed by atoms with Gasteiger partial charge in [-0.25, -0.2) is 14.4 Å². The van der Waals surface area contributed by atoms with E-state index in [9.17, 15) is 14.4 Å². The average Bonchev–Trinajstić information content (AvgIpc) is 2.84. The Hall–Kier alpha value is -4.10. The molecule has 0 unspecified atom stereocenters. The number of amides is 1. The molecule has 0 atom stereocenters. The molecule has 3 heterocycles. The van der Waals surface area contributed by atoms with Gasteiger partial charge in [-0.1, -0.05) is 6.07 Å². The van der Waals surface area contributed by atoms with Gasteiger partial charge >= 0.3 is 0 Å². The zero-order chi connectivity index (χ0) is 25.9. The van der Waals surface area contributed by atoms with Crippen molar-refractivity contribution in [1.82, 2.24) is 25.6 Å². The van der Waals surface area contributed by atoms with Crippen molar-refractivity contribution < 1.29 is 9.18 Å². The lowest BCUT2D eigenvalue weighted by molar-refractivity contribution is 0.0943. The number of halogens is 1.